The second kappa shape index (κ2) is 4.20. The lowest BCUT2D eigenvalue weighted by Crippen LogP contribution is -2.48. The molecule has 1 aliphatic heterocycles. The van der Waals surface area contributed by atoms with Gasteiger partial charge in [-0.1, -0.05) is 15.9 Å². The Morgan fingerprint density at radius 2 is 2.20 bits per heavy atom. The topological polar surface area (TPSA) is 29.5 Å². The summed E-state index contributed by atoms with van der Waals surface area (Å²) in [5, 5.41) is 9.00. The molecule has 15 heavy (non-hydrogen) atoms. The van der Waals surface area contributed by atoms with Gasteiger partial charge in [0, 0.05) is 16.5 Å². The van der Waals surface area contributed by atoms with E-state index in [0.717, 1.165) is 4.47 Å². The Bertz CT molecular complexity index is 364. The van der Waals surface area contributed by atoms with E-state index in [-0.39, 0.29) is 17.8 Å². The van der Waals surface area contributed by atoms with Crippen LogP contribution >= 0.6 is 15.9 Å². The third-order valence-corrected chi connectivity index (χ3v) is 3.34. The number of halogens is 2. The van der Waals surface area contributed by atoms with Crippen molar-refractivity contribution < 1.29 is 14.2 Å². The standard InChI is InChI=1S/C11H12BrFO2/c12-8-1-2-10(13)9(5-8)11(3-4-14)6-15-7-11/h1-2,5,14H,3-4,6-7H2. The molecule has 1 saturated heterocycles. The first kappa shape index (κ1) is 11.0. The number of hydrogen-bond donors (Lipinski definition) is 1. The molecule has 1 heterocycles. The zero-order valence-electron chi connectivity index (χ0n) is 8.17. The van der Waals surface area contributed by atoms with Gasteiger partial charge in [0.15, 0.2) is 0 Å². The summed E-state index contributed by atoms with van der Waals surface area (Å²) in [6, 6.07) is 4.88. The highest BCUT2D eigenvalue weighted by molar-refractivity contribution is 9.10. The summed E-state index contributed by atoms with van der Waals surface area (Å²) in [5.74, 6) is -0.227. The SMILES string of the molecule is OCCC1(c2cc(Br)ccc2F)COC1. The molecule has 0 aromatic heterocycles. The molecule has 0 unspecified atom stereocenters. The monoisotopic (exact) mass is 274 g/mol. The predicted molar refractivity (Wildman–Crippen MR) is 58.3 cm³/mol. The van der Waals surface area contributed by atoms with E-state index in [0.29, 0.717) is 25.2 Å². The number of hydrogen-bond acceptors (Lipinski definition) is 2. The molecule has 0 amide bonds. The van der Waals surface area contributed by atoms with Crippen LogP contribution in [0.2, 0.25) is 0 Å². The third-order valence-electron chi connectivity index (χ3n) is 2.85. The van der Waals surface area contributed by atoms with Crippen LogP contribution in [-0.4, -0.2) is 24.9 Å². The second-order valence-corrected chi connectivity index (χ2v) is 4.79. The van der Waals surface area contributed by atoms with E-state index >= 15 is 0 Å². The maximum atomic E-state index is 13.7. The average Bonchev–Trinajstić information content (AvgIpc) is 2.16. The van der Waals surface area contributed by atoms with Crippen LogP contribution in [0.3, 0.4) is 0 Å². The quantitative estimate of drug-likeness (QED) is 0.916. The zero-order chi connectivity index (χ0) is 10.9. The Hall–Kier alpha value is -0.450. The van der Waals surface area contributed by atoms with Gasteiger partial charge >= 0.3 is 0 Å². The Labute approximate surface area is 96.2 Å². The molecule has 0 spiro atoms. The van der Waals surface area contributed by atoms with Crippen LogP contribution in [0.15, 0.2) is 22.7 Å². The molecule has 0 radical (unpaired) electrons. The van der Waals surface area contributed by atoms with Crippen LogP contribution in [-0.2, 0) is 10.2 Å². The van der Waals surface area contributed by atoms with E-state index in [4.69, 9.17) is 9.84 Å². The zero-order valence-corrected chi connectivity index (χ0v) is 9.76. The summed E-state index contributed by atoms with van der Waals surface area (Å²) < 4.78 is 19.6. The first-order chi connectivity index (χ1) is 7.18. The highest BCUT2D eigenvalue weighted by atomic mass is 79.9. The van der Waals surface area contributed by atoms with Gasteiger partial charge in [-0.05, 0) is 30.2 Å². The fourth-order valence-electron chi connectivity index (χ4n) is 1.90. The molecule has 1 fully saturated rings. The Morgan fingerprint density at radius 3 is 2.73 bits per heavy atom. The lowest BCUT2D eigenvalue weighted by molar-refractivity contribution is -0.0716. The number of aliphatic hydroxyl groups excluding tert-OH is 1. The van der Waals surface area contributed by atoms with Crippen LogP contribution in [0.5, 0.6) is 0 Å². The van der Waals surface area contributed by atoms with Gasteiger partial charge in [0.1, 0.15) is 5.82 Å². The van der Waals surface area contributed by atoms with Crippen LogP contribution in [0.1, 0.15) is 12.0 Å². The van der Waals surface area contributed by atoms with Crippen LogP contribution < -0.4 is 0 Å². The van der Waals surface area contributed by atoms with E-state index in [2.05, 4.69) is 15.9 Å². The first-order valence-corrected chi connectivity index (χ1v) is 5.61. The fraction of sp³-hybridized carbons (Fsp3) is 0.455. The van der Waals surface area contributed by atoms with E-state index in [1.54, 1.807) is 12.1 Å². The van der Waals surface area contributed by atoms with E-state index < -0.39 is 0 Å². The molecule has 1 aromatic carbocycles. The molecule has 0 atom stereocenters. The normalized spacial score (nSPS) is 18.6. The summed E-state index contributed by atoms with van der Waals surface area (Å²) in [6.07, 6.45) is 0.542. The average molecular weight is 275 g/mol. The van der Waals surface area contributed by atoms with Gasteiger partial charge in [-0.15, -0.1) is 0 Å². The summed E-state index contributed by atoms with van der Waals surface area (Å²) in [6.45, 7) is 1.02. The minimum absolute atomic E-state index is 0.0509. The molecule has 0 bridgehead atoms. The molecule has 0 saturated carbocycles. The fourth-order valence-corrected chi connectivity index (χ4v) is 2.26. The molecule has 0 aliphatic carbocycles. The minimum atomic E-state index is -0.331. The van der Waals surface area contributed by atoms with E-state index in [9.17, 15) is 4.39 Å². The number of benzene rings is 1. The molecule has 1 aliphatic rings. The van der Waals surface area contributed by atoms with E-state index in [1.807, 2.05) is 0 Å². The molecule has 1 aromatic rings. The highest BCUT2D eigenvalue weighted by Gasteiger charge is 2.41. The Balaban J connectivity index is 2.37. The Morgan fingerprint density at radius 1 is 1.47 bits per heavy atom. The number of aliphatic hydroxyl groups is 1. The summed E-state index contributed by atoms with van der Waals surface area (Å²) in [4.78, 5) is 0. The van der Waals surface area contributed by atoms with Crippen LogP contribution in [0, 0.1) is 5.82 Å². The van der Waals surface area contributed by atoms with Gasteiger partial charge < -0.3 is 9.84 Å². The van der Waals surface area contributed by atoms with Crippen molar-refractivity contribution in [3.63, 3.8) is 0 Å². The number of rotatable bonds is 3. The maximum absolute atomic E-state index is 13.7. The molecule has 2 rings (SSSR count). The van der Waals surface area contributed by atoms with Gasteiger partial charge in [-0.2, -0.15) is 0 Å². The Kier molecular flexibility index (Phi) is 3.09. The molecular weight excluding hydrogens is 263 g/mol. The smallest absolute Gasteiger partial charge is 0.127 e. The van der Waals surface area contributed by atoms with Crippen molar-refractivity contribution >= 4 is 15.9 Å². The summed E-state index contributed by atoms with van der Waals surface area (Å²) >= 11 is 3.32. The van der Waals surface area contributed by atoms with Crippen molar-refractivity contribution in [1.29, 1.82) is 0 Å². The highest BCUT2D eigenvalue weighted by Crippen LogP contribution is 2.38. The van der Waals surface area contributed by atoms with Gasteiger partial charge in [-0.25, -0.2) is 4.39 Å². The summed E-state index contributed by atoms with van der Waals surface area (Å²) in [7, 11) is 0. The van der Waals surface area contributed by atoms with Crippen molar-refractivity contribution in [2.45, 2.75) is 11.8 Å². The third kappa shape index (κ3) is 1.94. The second-order valence-electron chi connectivity index (χ2n) is 3.87. The van der Waals surface area contributed by atoms with Crippen LogP contribution in [0.4, 0.5) is 4.39 Å². The predicted octanol–water partition coefficient (Wildman–Crippen LogP) is 2.24. The van der Waals surface area contributed by atoms with Crippen molar-refractivity contribution in [1.82, 2.24) is 0 Å². The largest absolute Gasteiger partial charge is 0.396 e. The van der Waals surface area contributed by atoms with Crippen molar-refractivity contribution in [2.24, 2.45) is 0 Å². The first-order valence-electron chi connectivity index (χ1n) is 4.82. The van der Waals surface area contributed by atoms with Gasteiger partial charge in [0.05, 0.1) is 13.2 Å². The van der Waals surface area contributed by atoms with Gasteiger partial charge in [0.2, 0.25) is 0 Å². The molecule has 82 valence electrons. The molecular formula is C11H12BrFO2. The maximum Gasteiger partial charge on any atom is 0.127 e. The van der Waals surface area contributed by atoms with Crippen molar-refractivity contribution in [2.75, 3.05) is 19.8 Å². The van der Waals surface area contributed by atoms with Crippen molar-refractivity contribution in [3.8, 4) is 0 Å². The molecule has 4 heteroatoms. The molecule has 1 N–H and O–H groups in total. The number of ether oxygens (including phenoxy) is 1. The van der Waals surface area contributed by atoms with E-state index in [1.165, 1.54) is 6.07 Å². The lowest BCUT2D eigenvalue weighted by atomic mass is 9.76. The van der Waals surface area contributed by atoms with Gasteiger partial charge in [0.25, 0.3) is 0 Å². The lowest BCUT2D eigenvalue weighted by Gasteiger charge is -2.41. The van der Waals surface area contributed by atoms with Gasteiger partial charge in [-0.3, -0.25) is 0 Å². The van der Waals surface area contributed by atoms with Crippen LogP contribution in [0.25, 0.3) is 0 Å². The van der Waals surface area contributed by atoms with Crippen molar-refractivity contribution in [3.05, 3.63) is 34.1 Å². The molecule has 2 nitrogen and oxygen atoms in total. The summed E-state index contributed by atoms with van der Waals surface area (Å²) in [5.41, 5.74) is 0.306. The minimum Gasteiger partial charge on any atom is -0.396 e.